The maximum Gasteiger partial charge on any atom is 0.252 e. The smallest absolute Gasteiger partial charge is 0.252 e. The second-order valence-electron chi connectivity index (χ2n) is 4.70. The standard InChI is InChI=1S/C16H13ClN4O/c17-13-3-1-11(2-4-13)10-19-16-20-14(9-15(22)21-16)12-5-7-18-8-6-12/h1-9H,10H2,(H2,19,20,21,22). The molecule has 0 spiro atoms. The maximum absolute atomic E-state index is 11.8. The van der Waals surface area contributed by atoms with Crippen molar-refractivity contribution >= 4 is 17.5 Å². The fourth-order valence-electron chi connectivity index (χ4n) is 2.00. The summed E-state index contributed by atoms with van der Waals surface area (Å²) in [6.45, 7) is 0.542. The molecule has 3 rings (SSSR count). The summed E-state index contributed by atoms with van der Waals surface area (Å²) in [6.07, 6.45) is 3.33. The number of rotatable bonds is 4. The fraction of sp³-hybridized carbons (Fsp3) is 0.0625. The number of hydrogen-bond acceptors (Lipinski definition) is 4. The quantitative estimate of drug-likeness (QED) is 0.776. The summed E-state index contributed by atoms with van der Waals surface area (Å²) in [5.74, 6) is 0.425. The highest BCUT2D eigenvalue weighted by Gasteiger charge is 2.04. The van der Waals surface area contributed by atoms with Crippen molar-refractivity contribution in [1.82, 2.24) is 15.0 Å². The van der Waals surface area contributed by atoms with Crippen LogP contribution in [0.25, 0.3) is 11.3 Å². The Hall–Kier alpha value is -2.66. The number of nitrogens with zero attached hydrogens (tertiary/aromatic N) is 2. The van der Waals surface area contributed by atoms with Gasteiger partial charge in [0.05, 0.1) is 5.69 Å². The molecule has 2 aromatic heterocycles. The number of halogens is 1. The zero-order chi connectivity index (χ0) is 15.4. The monoisotopic (exact) mass is 312 g/mol. The van der Waals surface area contributed by atoms with Crippen molar-refractivity contribution in [2.75, 3.05) is 5.32 Å². The number of aromatic amines is 1. The third-order valence-electron chi connectivity index (χ3n) is 3.09. The molecule has 5 nitrogen and oxygen atoms in total. The summed E-state index contributed by atoms with van der Waals surface area (Å²) in [4.78, 5) is 22.8. The molecule has 0 aliphatic rings. The van der Waals surface area contributed by atoms with Crippen LogP contribution in [0, 0.1) is 0 Å². The molecule has 2 heterocycles. The molecule has 0 unspecified atom stereocenters. The van der Waals surface area contributed by atoms with Gasteiger partial charge in [-0.25, -0.2) is 4.98 Å². The SMILES string of the molecule is O=c1cc(-c2ccncc2)nc(NCc2ccc(Cl)cc2)[nH]1. The summed E-state index contributed by atoms with van der Waals surface area (Å²) in [7, 11) is 0. The average Bonchev–Trinajstić information content (AvgIpc) is 2.55. The van der Waals surface area contributed by atoms with E-state index in [0.717, 1.165) is 11.1 Å². The van der Waals surface area contributed by atoms with Crippen LogP contribution in [0.2, 0.25) is 5.02 Å². The second kappa shape index (κ2) is 6.41. The van der Waals surface area contributed by atoms with E-state index in [2.05, 4.69) is 20.3 Å². The molecule has 0 saturated carbocycles. The molecule has 0 amide bonds. The normalized spacial score (nSPS) is 10.4. The Labute approximate surface area is 132 Å². The van der Waals surface area contributed by atoms with E-state index in [-0.39, 0.29) is 5.56 Å². The van der Waals surface area contributed by atoms with Crippen LogP contribution in [0.4, 0.5) is 5.95 Å². The van der Waals surface area contributed by atoms with Gasteiger partial charge in [-0.3, -0.25) is 14.8 Å². The molecule has 0 radical (unpaired) electrons. The van der Waals surface area contributed by atoms with E-state index in [1.807, 2.05) is 36.4 Å². The maximum atomic E-state index is 11.8. The van der Waals surface area contributed by atoms with E-state index in [1.165, 1.54) is 6.07 Å². The van der Waals surface area contributed by atoms with Crippen LogP contribution in [-0.2, 0) is 6.54 Å². The van der Waals surface area contributed by atoms with Gasteiger partial charge in [0, 0.05) is 35.6 Å². The molecule has 0 atom stereocenters. The van der Waals surface area contributed by atoms with Crippen molar-refractivity contribution in [2.24, 2.45) is 0 Å². The minimum absolute atomic E-state index is 0.208. The van der Waals surface area contributed by atoms with Crippen molar-refractivity contribution in [3.63, 3.8) is 0 Å². The van der Waals surface area contributed by atoms with Gasteiger partial charge in [-0.1, -0.05) is 23.7 Å². The van der Waals surface area contributed by atoms with E-state index in [1.54, 1.807) is 12.4 Å². The van der Waals surface area contributed by atoms with Crippen molar-refractivity contribution in [3.05, 3.63) is 75.8 Å². The van der Waals surface area contributed by atoms with Gasteiger partial charge < -0.3 is 5.32 Å². The Balaban J connectivity index is 1.81. The molecule has 0 saturated heterocycles. The van der Waals surface area contributed by atoms with Crippen LogP contribution >= 0.6 is 11.6 Å². The van der Waals surface area contributed by atoms with Crippen molar-refractivity contribution in [3.8, 4) is 11.3 Å². The van der Waals surface area contributed by atoms with Gasteiger partial charge in [0.15, 0.2) is 0 Å². The van der Waals surface area contributed by atoms with E-state index >= 15 is 0 Å². The molecule has 110 valence electrons. The van der Waals surface area contributed by atoms with Gasteiger partial charge in [-0.05, 0) is 29.8 Å². The lowest BCUT2D eigenvalue weighted by Gasteiger charge is -2.07. The number of pyridine rings is 1. The Morgan fingerprint density at radius 2 is 1.82 bits per heavy atom. The summed E-state index contributed by atoms with van der Waals surface area (Å²) in [6, 6.07) is 12.6. The lowest BCUT2D eigenvalue weighted by Crippen LogP contribution is -2.12. The summed E-state index contributed by atoms with van der Waals surface area (Å²) < 4.78 is 0. The van der Waals surface area contributed by atoms with Gasteiger partial charge in [0.2, 0.25) is 5.95 Å². The minimum Gasteiger partial charge on any atom is -0.352 e. The van der Waals surface area contributed by atoms with Gasteiger partial charge in [-0.2, -0.15) is 0 Å². The van der Waals surface area contributed by atoms with Crippen LogP contribution in [0.3, 0.4) is 0 Å². The topological polar surface area (TPSA) is 70.7 Å². The van der Waals surface area contributed by atoms with Crippen molar-refractivity contribution in [1.29, 1.82) is 0 Å². The van der Waals surface area contributed by atoms with Gasteiger partial charge >= 0.3 is 0 Å². The lowest BCUT2D eigenvalue weighted by molar-refractivity contribution is 1.04. The summed E-state index contributed by atoms with van der Waals surface area (Å²) in [5.41, 5.74) is 2.28. The minimum atomic E-state index is -0.208. The molecular formula is C16H13ClN4O. The Morgan fingerprint density at radius 3 is 2.55 bits per heavy atom. The van der Waals surface area contributed by atoms with Crippen LogP contribution in [-0.4, -0.2) is 15.0 Å². The number of aromatic nitrogens is 3. The summed E-state index contributed by atoms with van der Waals surface area (Å²) >= 11 is 5.85. The van der Waals surface area contributed by atoms with Gasteiger partial charge in [0.25, 0.3) is 5.56 Å². The first kappa shape index (κ1) is 14.3. The van der Waals surface area contributed by atoms with Crippen LogP contribution in [0.5, 0.6) is 0 Å². The molecule has 0 bridgehead atoms. The van der Waals surface area contributed by atoms with Gasteiger partial charge in [-0.15, -0.1) is 0 Å². The first-order chi connectivity index (χ1) is 10.7. The van der Waals surface area contributed by atoms with Crippen molar-refractivity contribution in [2.45, 2.75) is 6.54 Å². The molecule has 0 aliphatic heterocycles. The first-order valence-electron chi connectivity index (χ1n) is 6.71. The molecule has 1 aromatic carbocycles. The molecule has 2 N–H and O–H groups in total. The lowest BCUT2D eigenvalue weighted by atomic mass is 10.2. The van der Waals surface area contributed by atoms with E-state index in [0.29, 0.717) is 23.2 Å². The Morgan fingerprint density at radius 1 is 1.09 bits per heavy atom. The first-order valence-corrected chi connectivity index (χ1v) is 7.08. The molecule has 6 heteroatoms. The average molecular weight is 313 g/mol. The largest absolute Gasteiger partial charge is 0.352 e. The highest BCUT2D eigenvalue weighted by atomic mass is 35.5. The van der Waals surface area contributed by atoms with Gasteiger partial charge in [0.1, 0.15) is 0 Å². The zero-order valence-corrected chi connectivity index (χ0v) is 12.3. The number of nitrogens with one attached hydrogen (secondary N) is 2. The van der Waals surface area contributed by atoms with Crippen molar-refractivity contribution < 1.29 is 0 Å². The molecule has 0 fully saturated rings. The molecule has 22 heavy (non-hydrogen) atoms. The van der Waals surface area contributed by atoms with Crippen LogP contribution < -0.4 is 10.9 Å². The predicted octanol–water partition coefficient (Wildman–Crippen LogP) is 3.10. The van der Waals surface area contributed by atoms with E-state index in [4.69, 9.17) is 11.6 Å². The Bertz CT molecular complexity index is 816. The molecule has 0 aliphatic carbocycles. The highest BCUT2D eigenvalue weighted by molar-refractivity contribution is 6.30. The highest BCUT2D eigenvalue weighted by Crippen LogP contribution is 2.15. The fourth-order valence-corrected chi connectivity index (χ4v) is 2.13. The molecular weight excluding hydrogens is 300 g/mol. The third kappa shape index (κ3) is 3.51. The number of benzene rings is 1. The second-order valence-corrected chi connectivity index (χ2v) is 5.13. The number of hydrogen-bond donors (Lipinski definition) is 2. The number of H-pyrrole nitrogens is 1. The van der Waals surface area contributed by atoms with E-state index in [9.17, 15) is 4.79 Å². The predicted molar refractivity (Wildman–Crippen MR) is 86.9 cm³/mol. The Kier molecular flexibility index (Phi) is 4.16. The van der Waals surface area contributed by atoms with Crippen LogP contribution in [0.15, 0.2) is 59.7 Å². The number of anilines is 1. The van der Waals surface area contributed by atoms with E-state index < -0.39 is 0 Å². The molecule has 3 aromatic rings. The third-order valence-corrected chi connectivity index (χ3v) is 3.34. The zero-order valence-electron chi connectivity index (χ0n) is 11.6. The summed E-state index contributed by atoms with van der Waals surface area (Å²) in [5, 5.41) is 3.80. The van der Waals surface area contributed by atoms with Crippen LogP contribution in [0.1, 0.15) is 5.56 Å².